The zero-order chi connectivity index (χ0) is 9.97. The van der Waals surface area contributed by atoms with Gasteiger partial charge in [-0.2, -0.15) is 15.4 Å². The van der Waals surface area contributed by atoms with Crippen molar-refractivity contribution >= 4 is 11.6 Å². The molecule has 3 nitrogen and oxygen atoms in total. The molecule has 72 valence electrons. The zero-order valence-electron chi connectivity index (χ0n) is 7.79. The minimum Gasteiger partial charge on any atom is -0.197 e. The van der Waals surface area contributed by atoms with Crippen molar-refractivity contribution in [1.82, 2.24) is 15.4 Å². The van der Waals surface area contributed by atoms with E-state index in [1.54, 1.807) is 0 Å². The zero-order valence-corrected chi connectivity index (χ0v) is 8.54. The van der Waals surface area contributed by atoms with Gasteiger partial charge in [0.25, 0.3) is 0 Å². The number of H-pyrrole nitrogens is 1. The highest BCUT2D eigenvalue weighted by Gasteiger charge is 2.06. The quantitative estimate of drug-likeness (QED) is 0.822. The molecule has 0 spiro atoms. The molecule has 0 amide bonds. The second kappa shape index (κ2) is 3.80. The number of halogens is 1. The Balaban J connectivity index is 2.28. The average molecular weight is 208 g/mol. The molecule has 0 saturated heterocycles. The van der Waals surface area contributed by atoms with Crippen LogP contribution in [0.25, 0.3) is 0 Å². The molecule has 0 aliphatic heterocycles. The van der Waals surface area contributed by atoms with Gasteiger partial charge in [-0.3, -0.25) is 0 Å². The van der Waals surface area contributed by atoms with Crippen LogP contribution >= 0.6 is 11.6 Å². The molecule has 14 heavy (non-hydrogen) atoms. The van der Waals surface area contributed by atoms with Crippen molar-refractivity contribution < 1.29 is 0 Å². The van der Waals surface area contributed by atoms with E-state index < -0.39 is 0 Å². The fraction of sp³-hybridized carbons (Fsp3) is 0.200. The third-order valence-corrected chi connectivity index (χ3v) is 2.50. The van der Waals surface area contributed by atoms with Crippen molar-refractivity contribution in [2.24, 2.45) is 0 Å². The minimum atomic E-state index is 0.724. The van der Waals surface area contributed by atoms with Crippen molar-refractivity contribution in [1.29, 1.82) is 0 Å². The Morgan fingerprint density at radius 3 is 2.71 bits per heavy atom. The van der Waals surface area contributed by atoms with Crippen molar-refractivity contribution in [3.8, 4) is 0 Å². The molecule has 1 aromatic carbocycles. The summed E-state index contributed by atoms with van der Waals surface area (Å²) in [5, 5.41) is 11.4. The van der Waals surface area contributed by atoms with Gasteiger partial charge in [0.1, 0.15) is 0 Å². The summed E-state index contributed by atoms with van der Waals surface area (Å²) >= 11 is 6.04. The highest BCUT2D eigenvalue weighted by atomic mass is 35.5. The lowest BCUT2D eigenvalue weighted by Gasteiger charge is -2.00. The number of nitrogens with one attached hydrogen (secondary N) is 1. The van der Waals surface area contributed by atoms with Crippen LogP contribution in [0.15, 0.2) is 24.3 Å². The van der Waals surface area contributed by atoms with E-state index in [4.69, 9.17) is 11.6 Å². The number of hydrogen-bond donors (Lipinski definition) is 1. The molecule has 0 fully saturated rings. The van der Waals surface area contributed by atoms with Crippen molar-refractivity contribution in [3.05, 3.63) is 46.2 Å². The number of aryl methyl sites for hydroxylation is 1. The Kier molecular flexibility index (Phi) is 2.50. The number of rotatable bonds is 2. The summed E-state index contributed by atoms with van der Waals surface area (Å²) in [6.45, 7) is 1.93. The summed E-state index contributed by atoms with van der Waals surface area (Å²) in [5.74, 6) is 0. The number of nitrogens with zero attached hydrogens (tertiary/aromatic N) is 2. The molecule has 1 heterocycles. The summed E-state index contributed by atoms with van der Waals surface area (Å²) in [5.41, 5.74) is 2.94. The smallest absolute Gasteiger partial charge is 0.0898 e. The highest BCUT2D eigenvalue weighted by molar-refractivity contribution is 6.31. The van der Waals surface area contributed by atoms with Gasteiger partial charge in [0.2, 0.25) is 0 Å². The monoisotopic (exact) mass is 207 g/mol. The van der Waals surface area contributed by atoms with Gasteiger partial charge in [0.05, 0.1) is 11.4 Å². The van der Waals surface area contributed by atoms with E-state index in [-0.39, 0.29) is 0 Å². The van der Waals surface area contributed by atoms with Crippen molar-refractivity contribution in [3.63, 3.8) is 0 Å². The molecule has 0 saturated carbocycles. The Hall–Kier alpha value is -1.35. The number of aromatic nitrogens is 3. The molecule has 0 aliphatic rings. The Morgan fingerprint density at radius 2 is 2.07 bits per heavy atom. The second-order valence-electron chi connectivity index (χ2n) is 3.12. The van der Waals surface area contributed by atoms with Crippen LogP contribution in [0.1, 0.15) is 17.0 Å². The molecular weight excluding hydrogens is 198 g/mol. The molecule has 0 unspecified atom stereocenters. The van der Waals surface area contributed by atoms with Crippen molar-refractivity contribution in [2.75, 3.05) is 0 Å². The van der Waals surface area contributed by atoms with E-state index in [0.29, 0.717) is 0 Å². The largest absolute Gasteiger partial charge is 0.197 e. The predicted molar refractivity (Wildman–Crippen MR) is 55.4 cm³/mol. The summed E-state index contributed by atoms with van der Waals surface area (Å²) in [6, 6.07) is 7.76. The van der Waals surface area contributed by atoms with Gasteiger partial charge in [-0.25, -0.2) is 0 Å². The van der Waals surface area contributed by atoms with Crippen LogP contribution in [0.5, 0.6) is 0 Å². The van der Waals surface area contributed by atoms with Gasteiger partial charge in [-0.15, -0.1) is 0 Å². The van der Waals surface area contributed by atoms with Crippen LogP contribution in [0.3, 0.4) is 0 Å². The molecule has 0 bridgehead atoms. The Bertz CT molecular complexity index is 436. The van der Waals surface area contributed by atoms with Crippen LogP contribution in [-0.4, -0.2) is 15.4 Å². The predicted octanol–water partition coefficient (Wildman–Crippen LogP) is 2.36. The first-order valence-corrected chi connectivity index (χ1v) is 4.75. The first-order chi connectivity index (χ1) is 6.77. The standard InChI is InChI=1S/C10H10ClN3/c1-7-10(13-14-12-7)6-8-4-2-3-5-9(8)11/h2-5H,6H2,1H3,(H,12,13,14). The van der Waals surface area contributed by atoms with E-state index >= 15 is 0 Å². The molecule has 1 N–H and O–H groups in total. The molecule has 2 rings (SSSR count). The van der Waals surface area contributed by atoms with E-state index in [2.05, 4.69) is 15.4 Å². The van der Waals surface area contributed by atoms with E-state index in [1.807, 2.05) is 31.2 Å². The Morgan fingerprint density at radius 1 is 1.29 bits per heavy atom. The van der Waals surface area contributed by atoms with E-state index in [0.717, 1.165) is 28.4 Å². The third-order valence-electron chi connectivity index (χ3n) is 2.14. The highest BCUT2D eigenvalue weighted by Crippen LogP contribution is 2.18. The third kappa shape index (κ3) is 1.77. The molecule has 0 aliphatic carbocycles. The average Bonchev–Trinajstić information content (AvgIpc) is 2.56. The number of hydrogen-bond acceptors (Lipinski definition) is 2. The molecule has 1 aromatic heterocycles. The fourth-order valence-electron chi connectivity index (χ4n) is 1.30. The molecule has 4 heteroatoms. The minimum absolute atomic E-state index is 0.724. The molecule has 2 aromatic rings. The van der Waals surface area contributed by atoms with Gasteiger partial charge in [-0.05, 0) is 18.6 Å². The lowest BCUT2D eigenvalue weighted by molar-refractivity contribution is 0.912. The maximum absolute atomic E-state index is 6.04. The summed E-state index contributed by atoms with van der Waals surface area (Å²) in [7, 11) is 0. The number of aromatic amines is 1. The summed E-state index contributed by atoms with van der Waals surface area (Å²) in [6.07, 6.45) is 0.724. The lowest BCUT2D eigenvalue weighted by Crippen LogP contribution is -1.91. The van der Waals surface area contributed by atoms with Crippen molar-refractivity contribution in [2.45, 2.75) is 13.3 Å². The van der Waals surface area contributed by atoms with Gasteiger partial charge in [0.15, 0.2) is 0 Å². The summed E-state index contributed by atoms with van der Waals surface area (Å²) < 4.78 is 0. The molecule has 0 atom stereocenters. The number of benzene rings is 1. The van der Waals surface area contributed by atoms with Crippen LogP contribution in [0.2, 0.25) is 5.02 Å². The van der Waals surface area contributed by atoms with Gasteiger partial charge in [-0.1, -0.05) is 29.8 Å². The van der Waals surface area contributed by atoms with E-state index in [9.17, 15) is 0 Å². The topological polar surface area (TPSA) is 41.6 Å². The normalized spacial score (nSPS) is 10.4. The van der Waals surface area contributed by atoms with Crippen LogP contribution in [0, 0.1) is 6.92 Å². The van der Waals surface area contributed by atoms with Gasteiger partial charge < -0.3 is 0 Å². The second-order valence-corrected chi connectivity index (χ2v) is 3.53. The van der Waals surface area contributed by atoms with Gasteiger partial charge >= 0.3 is 0 Å². The Labute approximate surface area is 87.1 Å². The molecule has 0 radical (unpaired) electrons. The first kappa shape index (κ1) is 9.21. The lowest BCUT2D eigenvalue weighted by atomic mass is 10.1. The SMILES string of the molecule is Cc1n[nH]nc1Cc1ccccc1Cl. The first-order valence-electron chi connectivity index (χ1n) is 4.37. The maximum atomic E-state index is 6.04. The van der Waals surface area contributed by atoms with Crippen LogP contribution in [0.4, 0.5) is 0 Å². The fourth-order valence-corrected chi connectivity index (χ4v) is 1.50. The van der Waals surface area contributed by atoms with E-state index in [1.165, 1.54) is 0 Å². The maximum Gasteiger partial charge on any atom is 0.0898 e. The molecular formula is C10H10ClN3. The summed E-state index contributed by atoms with van der Waals surface area (Å²) in [4.78, 5) is 0. The van der Waals surface area contributed by atoms with Gasteiger partial charge in [0, 0.05) is 11.4 Å². The van der Waals surface area contributed by atoms with Crippen LogP contribution < -0.4 is 0 Å². The van der Waals surface area contributed by atoms with Crippen LogP contribution in [-0.2, 0) is 6.42 Å².